The summed E-state index contributed by atoms with van der Waals surface area (Å²) in [5.74, 6) is -1.90. The number of urea groups is 1. The Morgan fingerprint density at radius 2 is 1.76 bits per heavy atom. The van der Waals surface area contributed by atoms with Crippen LogP contribution in [0.1, 0.15) is 18.0 Å². The van der Waals surface area contributed by atoms with Gasteiger partial charge in [-0.2, -0.15) is 13.2 Å². The first-order valence-electron chi connectivity index (χ1n) is 5.78. The molecule has 0 saturated heterocycles. The summed E-state index contributed by atoms with van der Waals surface area (Å²) in [5, 5.41) is 12.0. The van der Waals surface area contributed by atoms with Crippen molar-refractivity contribution >= 4 is 12.0 Å². The van der Waals surface area contributed by atoms with Crippen molar-refractivity contribution in [3.8, 4) is 0 Å². The smallest absolute Gasteiger partial charge is 0.412 e. The van der Waals surface area contributed by atoms with Crippen LogP contribution in [0.4, 0.5) is 22.4 Å². The van der Waals surface area contributed by atoms with Crippen LogP contribution in [0.2, 0.25) is 0 Å². The zero-order chi connectivity index (χ0) is 16.0. The molecule has 0 saturated carbocycles. The number of aliphatic carboxylic acids is 1. The lowest BCUT2D eigenvalue weighted by atomic mass is 10.1. The topological polar surface area (TPSA) is 78.4 Å². The van der Waals surface area contributed by atoms with Crippen molar-refractivity contribution < 1.29 is 32.3 Å². The van der Waals surface area contributed by atoms with E-state index in [1.54, 1.807) is 5.32 Å². The van der Waals surface area contributed by atoms with Gasteiger partial charge in [-0.3, -0.25) is 4.79 Å². The average Bonchev–Trinajstić information content (AvgIpc) is 2.35. The normalized spacial score (nSPS) is 12.6. The fraction of sp³-hybridized carbons (Fsp3) is 0.333. The molecule has 0 heterocycles. The number of carboxylic acids is 1. The standard InChI is InChI=1S/C12H12F4N2O3/c13-8-3-1-7(2-4-8)10(12(14,15)16)18-11(21)17-6-5-9(19)20/h1-4,10H,5-6H2,(H,19,20)(H2,17,18,21)/t10-/m0/s1. The van der Waals surface area contributed by atoms with E-state index in [0.29, 0.717) is 0 Å². The van der Waals surface area contributed by atoms with E-state index in [4.69, 9.17) is 5.11 Å². The molecule has 2 amide bonds. The summed E-state index contributed by atoms with van der Waals surface area (Å²) in [6.07, 6.45) is -5.19. The second-order valence-corrected chi connectivity index (χ2v) is 4.07. The molecule has 0 bridgehead atoms. The minimum atomic E-state index is -4.78. The van der Waals surface area contributed by atoms with Gasteiger partial charge in [0.25, 0.3) is 0 Å². The molecule has 1 aromatic rings. The quantitative estimate of drug-likeness (QED) is 0.730. The summed E-state index contributed by atoms with van der Waals surface area (Å²) in [6, 6.07) is 0.0254. The first-order valence-corrected chi connectivity index (χ1v) is 5.78. The number of amides is 2. The van der Waals surface area contributed by atoms with Gasteiger partial charge in [-0.25, -0.2) is 9.18 Å². The maximum Gasteiger partial charge on any atom is 0.412 e. The molecule has 0 unspecified atom stereocenters. The molecule has 0 aliphatic heterocycles. The van der Waals surface area contributed by atoms with E-state index < -0.39 is 36.5 Å². The van der Waals surface area contributed by atoms with Crippen LogP contribution in [0.5, 0.6) is 0 Å². The molecule has 0 aliphatic rings. The molecule has 1 rings (SSSR count). The predicted octanol–water partition coefficient (Wildman–Crippen LogP) is 2.20. The van der Waals surface area contributed by atoms with Gasteiger partial charge < -0.3 is 15.7 Å². The van der Waals surface area contributed by atoms with E-state index in [0.717, 1.165) is 24.3 Å². The lowest BCUT2D eigenvalue weighted by Gasteiger charge is -2.22. The third-order valence-electron chi connectivity index (χ3n) is 2.43. The van der Waals surface area contributed by atoms with Crippen LogP contribution < -0.4 is 10.6 Å². The Bertz CT molecular complexity index is 502. The summed E-state index contributed by atoms with van der Waals surface area (Å²) in [6.45, 7) is -0.310. The molecule has 0 aromatic heterocycles. The molecule has 1 atom stereocenters. The van der Waals surface area contributed by atoms with E-state index in [-0.39, 0.29) is 12.1 Å². The number of carbonyl (C=O) groups excluding carboxylic acids is 1. The van der Waals surface area contributed by atoms with Gasteiger partial charge in [0.2, 0.25) is 0 Å². The molecule has 0 radical (unpaired) electrons. The van der Waals surface area contributed by atoms with Crippen molar-refractivity contribution in [1.29, 1.82) is 0 Å². The lowest BCUT2D eigenvalue weighted by Crippen LogP contribution is -2.44. The summed E-state index contributed by atoms with van der Waals surface area (Å²) < 4.78 is 51.4. The van der Waals surface area contributed by atoms with Crippen LogP contribution in [0.3, 0.4) is 0 Å². The average molecular weight is 308 g/mol. The Hall–Kier alpha value is -2.32. The molecule has 0 aliphatic carbocycles. The molecule has 3 N–H and O–H groups in total. The van der Waals surface area contributed by atoms with Crippen LogP contribution in [0.15, 0.2) is 24.3 Å². The molecule has 5 nitrogen and oxygen atoms in total. The number of benzene rings is 1. The highest BCUT2D eigenvalue weighted by atomic mass is 19.4. The highest BCUT2D eigenvalue weighted by molar-refractivity contribution is 5.75. The van der Waals surface area contributed by atoms with Crippen LogP contribution in [-0.2, 0) is 4.79 Å². The van der Waals surface area contributed by atoms with Gasteiger partial charge in [-0.15, -0.1) is 0 Å². The molecule has 9 heteroatoms. The van der Waals surface area contributed by atoms with Gasteiger partial charge in [0.1, 0.15) is 5.82 Å². The highest BCUT2D eigenvalue weighted by Crippen LogP contribution is 2.32. The van der Waals surface area contributed by atoms with E-state index >= 15 is 0 Å². The van der Waals surface area contributed by atoms with Crippen LogP contribution in [-0.4, -0.2) is 29.8 Å². The van der Waals surface area contributed by atoms with Gasteiger partial charge in [-0.05, 0) is 17.7 Å². The maximum atomic E-state index is 12.9. The number of hydrogen-bond acceptors (Lipinski definition) is 2. The number of halogens is 4. The Balaban J connectivity index is 2.73. The van der Waals surface area contributed by atoms with E-state index in [9.17, 15) is 27.2 Å². The number of rotatable bonds is 5. The van der Waals surface area contributed by atoms with Crippen molar-refractivity contribution in [2.45, 2.75) is 18.6 Å². The second-order valence-electron chi connectivity index (χ2n) is 4.07. The van der Waals surface area contributed by atoms with Gasteiger partial charge in [-0.1, -0.05) is 12.1 Å². The Morgan fingerprint density at radius 1 is 1.19 bits per heavy atom. The van der Waals surface area contributed by atoms with Gasteiger partial charge in [0, 0.05) is 6.54 Å². The van der Waals surface area contributed by atoms with Crippen molar-refractivity contribution in [3.63, 3.8) is 0 Å². The van der Waals surface area contributed by atoms with Crippen molar-refractivity contribution in [3.05, 3.63) is 35.6 Å². The Labute approximate surface area is 117 Å². The van der Waals surface area contributed by atoms with Crippen LogP contribution >= 0.6 is 0 Å². The molecule has 116 valence electrons. The van der Waals surface area contributed by atoms with E-state index in [1.807, 2.05) is 5.32 Å². The van der Waals surface area contributed by atoms with E-state index in [2.05, 4.69) is 0 Å². The summed E-state index contributed by atoms with van der Waals surface area (Å²) in [7, 11) is 0. The molecule has 21 heavy (non-hydrogen) atoms. The van der Waals surface area contributed by atoms with Crippen molar-refractivity contribution in [2.75, 3.05) is 6.54 Å². The third-order valence-corrected chi connectivity index (χ3v) is 2.43. The predicted molar refractivity (Wildman–Crippen MR) is 64.0 cm³/mol. The minimum absolute atomic E-state index is 0.310. The number of nitrogens with one attached hydrogen (secondary N) is 2. The molecular formula is C12H12F4N2O3. The molecule has 0 spiro atoms. The summed E-state index contributed by atoms with van der Waals surface area (Å²) in [5.41, 5.74) is -0.336. The lowest BCUT2D eigenvalue weighted by molar-refractivity contribution is -0.155. The minimum Gasteiger partial charge on any atom is -0.481 e. The molecular weight excluding hydrogens is 296 g/mol. The first-order chi connectivity index (χ1) is 9.70. The van der Waals surface area contributed by atoms with Crippen molar-refractivity contribution in [1.82, 2.24) is 10.6 Å². The second kappa shape index (κ2) is 6.91. The van der Waals surface area contributed by atoms with Crippen LogP contribution in [0.25, 0.3) is 0 Å². The Morgan fingerprint density at radius 3 is 2.24 bits per heavy atom. The fourth-order valence-electron chi connectivity index (χ4n) is 1.47. The van der Waals surface area contributed by atoms with Crippen molar-refractivity contribution in [2.24, 2.45) is 0 Å². The Kier molecular flexibility index (Phi) is 5.51. The summed E-state index contributed by atoms with van der Waals surface area (Å²) in [4.78, 5) is 21.6. The maximum absolute atomic E-state index is 12.9. The zero-order valence-corrected chi connectivity index (χ0v) is 10.6. The largest absolute Gasteiger partial charge is 0.481 e. The number of hydrogen-bond donors (Lipinski definition) is 3. The molecule has 1 aromatic carbocycles. The SMILES string of the molecule is O=C(O)CCNC(=O)N[C@@H](c1ccc(F)cc1)C(F)(F)F. The molecule has 0 fully saturated rings. The monoisotopic (exact) mass is 308 g/mol. The zero-order valence-electron chi connectivity index (χ0n) is 10.6. The van der Waals surface area contributed by atoms with E-state index in [1.165, 1.54) is 0 Å². The number of carbonyl (C=O) groups is 2. The number of carboxylic acid groups (broad SMARTS) is 1. The van der Waals surface area contributed by atoms with Gasteiger partial charge in [0.15, 0.2) is 6.04 Å². The van der Waals surface area contributed by atoms with Gasteiger partial charge >= 0.3 is 18.2 Å². The first kappa shape index (κ1) is 16.7. The number of alkyl halides is 3. The third kappa shape index (κ3) is 5.67. The van der Waals surface area contributed by atoms with Crippen LogP contribution in [0, 0.1) is 5.82 Å². The highest BCUT2D eigenvalue weighted by Gasteiger charge is 2.41. The fourth-order valence-corrected chi connectivity index (χ4v) is 1.47. The van der Waals surface area contributed by atoms with Gasteiger partial charge in [0.05, 0.1) is 6.42 Å². The summed E-state index contributed by atoms with van der Waals surface area (Å²) >= 11 is 0.